The quantitative estimate of drug-likeness (QED) is 0.382. The SMILES string of the molecule is COc1ccc(N2CCN(c3nc4c(C)cccn4c(=O)c3C=C3C(=O)N(C)C(=O)N(C)C3=O)CC2)cc1. The number of carbonyl (C=O) groups is 3. The van der Waals surface area contributed by atoms with E-state index < -0.39 is 23.4 Å². The van der Waals surface area contributed by atoms with Gasteiger partial charge in [-0.25, -0.2) is 9.78 Å². The fourth-order valence-electron chi connectivity index (χ4n) is 4.76. The Morgan fingerprint density at radius 3 is 2.08 bits per heavy atom. The lowest BCUT2D eigenvalue weighted by molar-refractivity contribution is -0.134. The number of piperazine rings is 1. The van der Waals surface area contributed by atoms with Gasteiger partial charge in [-0.3, -0.25) is 28.6 Å². The van der Waals surface area contributed by atoms with Crippen molar-refractivity contribution in [2.24, 2.45) is 0 Å². The monoisotopic (exact) mass is 516 g/mol. The van der Waals surface area contributed by atoms with Gasteiger partial charge < -0.3 is 14.5 Å². The first-order chi connectivity index (χ1) is 18.2. The number of rotatable bonds is 4. The summed E-state index contributed by atoms with van der Waals surface area (Å²) in [5.41, 5.74) is 1.83. The van der Waals surface area contributed by atoms with Crippen molar-refractivity contribution in [3.8, 4) is 5.75 Å². The molecule has 0 aliphatic carbocycles. The molecular weight excluding hydrogens is 488 g/mol. The summed E-state index contributed by atoms with van der Waals surface area (Å²) >= 11 is 0. The standard InChI is InChI=1S/C27H28N6O5/c1-17-6-5-11-33-22(17)28-23(32-14-12-31(13-15-32)18-7-9-19(38-4)10-8-18)20(26(33)36)16-21-24(34)29(2)27(37)30(3)25(21)35/h5-11,16H,12-15H2,1-4H3. The highest BCUT2D eigenvalue weighted by Gasteiger charge is 2.38. The van der Waals surface area contributed by atoms with E-state index >= 15 is 0 Å². The summed E-state index contributed by atoms with van der Waals surface area (Å²) in [6.07, 6.45) is 2.89. The second-order valence-electron chi connectivity index (χ2n) is 9.28. The van der Waals surface area contributed by atoms with E-state index in [-0.39, 0.29) is 11.1 Å². The lowest BCUT2D eigenvalue weighted by atomic mass is 10.1. The Labute approximate surface area is 219 Å². The fourth-order valence-corrected chi connectivity index (χ4v) is 4.76. The number of fused-ring (bicyclic) bond motifs is 1. The predicted molar refractivity (Wildman–Crippen MR) is 143 cm³/mol. The number of amides is 4. The van der Waals surface area contributed by atoms with E-state index in [1.54, 1.807) is 19.4 Å². The average Bonchev–Trinajstić information content (AvgIpc) is 2.94. The van der Waals surface area contributed by atoms with Gasteiger partial charge in [0.15, 0.2) is 0 Å². The van der Waals surface area contributed by atoms with Crippen LogP contribution in [0.5, 0.6) is 5.75 Å². The highest BCUT2D eigenvalue weighted by molar-refractivity contribution is 6.30. The van der Waals surface area contributed by atoms with Crippen molar-refractivity contribution in [1.29, 1.82) is 0 Å². The van der Waals surface area contributed by atoms with Crippen LogP contribution in [0.15, 0.2) is 53.0 Å². The number of urea groups is 1. The zero-order valence-electron chi connectivity index (χ0n) is 21.7. The lowest BCUT2D eigenvalue weighted by Gasteiger charge is -2.37. The Bertz CT molecular complexity index is 1510. The molecule has 3 aromatic rings. The molecule has 0 atom stereocenters. The van der Waals surface area contributed by atoms with Gasteiger partial charge in [-0.2, -0.15) is 0 Å². The topological polar surface area (TPSA) is 108 Å². The number of pyridine rings is 1. The number of hydrogen-bond donors (Lipinski definition) is 0. The molecule has 5 rings (SSSR count). The van der Waals surface area contributed by atoms with E-state index in [1.165, 1.54) is 24.6 Å². The number of barbiturate groups is 1. The van der Waals surface area contributed by atoms with Crippen LogP contribution in [-0.2, 0) is 9.59 Å². The molecule has 4 heterocycles. The molecule has 2 aliphatic heterocycles. The first kappa shape index (κ1) is 25.0. The minimum absolute atomic E-state index is 0.124. The maximum atomic E-state index is 13.7. The van der Waals surface area contributed by atoms with Gasteiger partial charge in [-0.15, -0.1) is 0 Å². The van der Waals surface area contributed by atoms with Crippen LogP contribution in [0.2, 0.25) is 0 Å². The Balaban J connectivity index is 1.56. The molecule has 2 fully saturated rings. The molecule has 11 nitrogen and oxygen atoms in total. The molecule has 4 amide bonds. The third-order valence-electron chi connectivity index (χ3n) is 7.01. The van der Waals surface area contributed by atoms with Crippen molar-refractivity contribution >= 4 is 41.1 Å². The van der Waals surface area contributed by atoms with Crippen LogP contribution in [0.3, 0.4) is 0 Å². The van der Waals surface area contributed by atoms with Crippen molar-refractivity contribution in [2.45, 2.75) is 6.92 Å². The van der Waals surface area contributed by atoms with Crippen LogP contribution >= 0.6 is 0 Å². The smallest absolute Gasteiger partial charge is 0.333 e. The van der Waals surface area contributed by atoms with E-state index in [2.05, 4.69) is 4.90 Å². The van der Waals surface area contributed by atoms with E-state index in [9.17, 15) is 19.2 Å². The predicted octanol–water partition coefficient (Wildman–Crippen LogP) is 1.77. The van der Waals surface area contributed by atoms with Crippen LogP contribution in [-0.4, -0.2) is 84.4 Å². The van der Waals surface area contributed by atoms with E-state index in [0.29, 0.717) is 37.6 Å². The van der Waals surface area contributed by atoms with Crippen molar-refractivity contribution in [3.63, 3.8) is 0 Å². The van der Waals surface area contributed by atoms with Crippen molar-refractivity contribution in [3.05, 3.63) is 69.6 Å². The second kappa shape index (κ2) is 9.66. The van der Waals surface area contributed by atoms with Crippen molar-refractivity contribution in [2.75, 3.05) is 57.2 Å². The molecule has 0 N–H and O–H groups in total. The summed E-state index contributed by atoms with van der Waals surface area (Å²) in [5.74, 6) is -0.343. The van der Waals surface area contributed by atoms with Crippen LogP contribution in [0.1, 0.15) is 11.1 Å². The highest BCUT2D eigenvalue weighted by atomic mass is 16.5. The summed E-state index contributed by atoms with van der Waals surface area (Å²) < 4.78 is 6.66. The number of methoxy groups -OCH3 is 1. The zero-order valence-corrected chi connectivity index (χ0v) is 21.7. The Hall–Kier alpha value is -4.67. The minimum Gasteiger partial charge on any atom is -0.497 e. The van der Waals surface area contributed by atoms with Crippen molar-refractivity contribution in [1.82, 2.24) is 19.2 Å². The van der Waals surface area contributed by atoms with Gasteiger partial charge in [0.2, 0.25) is 0 Å². The van der Waals surface area contributed by atoms with Gasteiger partial charge >= 0.3 is 6.03 Å². The molecule has 0 bridgehead atoms. The Kier molecular flexibility index (Phi) is 6.35. The molecular formula is C27H28N6O5. The number of nitrogens with zero attached hydrogens (tertiary/aromatic N) is 6. The van der Waals surface area contributed by atoms with Gasteiger partial charge in [-0.05, 0) is 48.9 Å². The molecule has 0 radical (unpaired) electrons. The van der Waals surface area contributed by atoms with Gasteiger partial charge in [-0.1, -0.05) is 6.07 Å². The maximum absolute atomic E-state index is 13.7. The number of hydrogen-bond acceptors (Lipinski definition) is 8. The largest absolute Gasteiger partial charge is 0.497 e. The highest BCUT2D eigenvalue weighted by Crippen LogP contribution is 2.26. The minimum atomic E-state index is -0.762. The number of aromatic nitrogens is 2. The van der Waals surface area contributed by atoms with E-state index in [0.717, 1.165) is 26.8 Å². The summed E-state index contributed by atoms with van der Waals surface area (Å²) in [6.45, 7) is 4.35. The number of imide groups is 2. The number of carbonyl (C=O) groups excluding carboxylic acids is 3. The first-order valence-corrected chi connectivity index (χ1v) is 12.2. The van der Waals surface area contributed by atoms with E-state index in [1.807, 2.05) is 42.2 Å². The number of likely N-dealkylation sites (N-methyl/N-ethyl adjacent to an activating group) is 2. The molecule has 196 valence electrons. The molecule has 2 aliphatic rings. The number of benzene rings is 1. The number of anilines is 2. The third kappa shape index (κ3) is 4.15. The average molecular weight is 517 g/mol. The lowest BCUT2D eigenvalue weighted by Crippen LogP contribution is -2.53. The fraction of sp³-hybridized carbons (Fsp3) is 0.296. The van der Waals surface area contributed by atoms with Crippen molar-refractivity contribution < 1.29 is 19.1 Å². The summed E-state index contributed by atoms with van der Waals surface area (Å²) in [4.78, 5) is 62.5. The maximum Gasteiger partial charge on any atom is 0.333 e. The molecule has 11 heteroatoms. The van der Waals surface area contributed by atoms with Gasteiger partial charge in [0.05, 0.1) is 12.7 Å². The van der Waals surface area contributed by atoms with E-state index in [4.69, 9.17) is 9.72 Å². The summed E-state index contributed by atoms with van der Waals surface area (Å²) in [5, 5.41) is 0. The molecule has 1 aromatic carbocycles. The third-order valence-corrected chi connectivity index (χ3v) is 7.01. The van der Waals surface area contributed by atoms with Crippen LogP contribution < -0.4 is 20.1 Å². The Morgan fingerprint density at radius 1 is 0.868 bits per heavy atom. The first-order valence-electron chi connectivity index (χ1n) is 12.2. The molecule has 0 unspecified atom stereocenters. The summed E-state index contributed by atoms with van der Waals surface area (Å²) in [7, 11) is 4.23. The van der Waals surface area contributed by atoms with Gasteiger partial charge in [0.25, 0.3) is 17.4 Å². The molecule has 0 saturated carbocycles. The molecule has 0 spiro atoms. The number of ether oxygens (including phenoxy) is 1. The van der Waals surface area contributed by atoms with Gasteiger partial charge in [0.1, 0.15) is 22.8 Å². The molecule has 38 heavy (non-hydrogen) atoms. The van der Waals surface area contributed by atoms with Crippen LogP contribution in [0.25, 0.3) is 11.7 Å². The van der Waals surface area contributed by atoms with Crippen LogP contribution in [0.4, 0.5) is 16.3 Å². The van der Waals surface area contributed by atoms with Crippen LogP contribution in [0, 0.1) is 6.92 Å². The summed E-state index contributed by atoms with van der Waals surface area (Å²) in [6, 6.07) is 10.7. The number of aryl methyl sites for hydroxylation is 1. The van der Waals surface area contributed by atoms with Gasteiger partial charge in [0, 0.05) is 52.2 Å². The zero-order chi connectivity index (χ0) is 27.1. The molecule has 2 saturated heterocycles. The Morgan fingerprint density at radius 2 is 1.47 bits per heavy atom. The normalized spacial score (nSPS) is 16.5. The molecule has 2 aromatic heterocycles. The second-order valence-corrected chi connectivity index (χ2v) is 9.28.